The van der Waals surface area contributed by atoms with E-state index in [1.807, 2.05) is 0 Å². The maximum Gasteiger partial charge on any atom is 0.261 e. The van der Waals surface area contributed by atoms with Gasteiger partial charge in [0.1, 0.15) is 5.82 Å². The molecule has 2 N–H and O–H groups in total. The van der Waals surface area contributed by atoms with Gasteiger partial charge in [-0.15, -0.1) is 0 Å². The van der Waals surface area contributed by atoms with Crippen LogP contribution < -0.4 is 9.46 Å². The third-order valence-electron chi connectivity index (χ3n) is 2.63. The van der Waals surface area contributed by atoms with Gasteiger partial charge in [-0.2, -0.15) is 0 Å². The molecule has 0 bridgehead atoms. The zero-order valence-corrected chi connectivity index (χ0v) is 12.4. The second-order valence-electron chi connectivity index (χ2n) is 4.07. The van der Waals surface area contributed by atoms with Crippen molar-refractivity contribution >= 4 is 27.3 Å². The molecule has 8 heteroatoms. The number of hydrogen-bond acceptors (Lipinski definition) is 4. The lowest BCUT2D eigenvalue weighted by Gasteiger charge is -2.10. The van der Waals surface area contributed by atoms with E-state index in [0.717, 1.165) is 18.2 Å². The number of nitrogens with one attached hydrogen (secondary N) is 1. The number of ether oxygens (including phenoxy) is 1. The summed E-state index contributed by atoms with van der Waals surface area (Å²) in [5.74, 6) is -0.713. The fourth-order valence-electron chi connectivity index (χ4n) is 1.61. The Hall–Kier alpha value is -1.99. The zero-order valence-electron chi connectivity index (χ0n) is 10.8. The molecule has 0 amide bonds. The Bertz CT molecular complexity index is 780. The lowest BCUT2D eigenvalue weighted by molar-refractivity contribution is 0.373. The van der Waals surface area contributed by atoms with Crippen molar-refractivity contribution in [2.45, 2.75) is 4.90 Å². The molecule has 0 saturated carbocycles. The molecule has 0 aliphatic rings. The highest BCUT2D eigenvalue weighted by atomic mass is 35.5. The van der Waals surface area contributed by atoms with Crippen molar-refractivity contribution in [3.05, 3.63) is 47.2 Å². The molecule has 0 spiro atoms. The van der Waals surface area contributed by atoms with E-state index in [0.29, 0.717) is 0 Å². The van der Waals surface area contributed by atoms with Gasteiger partial charge in [-0.3, -0.25) is 4.72 Å². The minimum Gasteiger partial charge on any atom is -0.504 e. The molecule has 112 valence electrons. The summed E-state index contributed by atoms with van der Waals surface area (Å²) in [5.41, 5.74) is 0.133. The van der Waals surface area contributed by atoms with Crippen LogP contribution in [0.3, 0.4) is 0 Å². The molecule has 21 heavy (non-hydrogen) atoms. The van der Waals surface area contributed by atoms with Crippen LogP contribution in [0.25, 0.3) is 0 Å². The van der Waals surface area contributed by atoms with E-state index in [-0.39, 0.29) is 27.1 Å². The van der Waals surface area contributed by atoms with E-state index in [2.05, 4.69) is 4.72 Å². The van der Waals surface area contributed by atoms with Gasteiger partial charge in [0.25, 0.3) is 10.0 Å². The van der Waals surface area contributed by atoms with Gasteiger partial charge in [-0.25, -0.2) is 12.8 Å². The summed E-state index contributed by atoms with van der Waals surface area (Å²) in [7, 11) is -2.57. The van der Waals surface area contributed by atoms with Gasteiger partial charge in [0.15, 0.2) is 11.5 Å². The number of benzene rings is 2. The van der Waals surface area contributed by atoms with Crippen LogP contribution in [0.1, 0.15) is 0 Å². The maximum atomic E-state index is 13.1. The normalized spacial score (nSPS) is 11.2. The van der Waals surface area contributed by atoms with Crippen molar-refractivity contribution in [2.24, 2.45) is 0 Å². The summed E-state index contributed by atoms with van der Waals surface area (Å²) < 4.78 is 44.4. The second-order valence-corrected chi connectivity index (χ2v) is 6.16. The van der Waals surface area contributed by atoms with E-state index in [4.69, 9.17) is 16.3 Å². The molecule has 2 aromatic carbocycles. The zero-order chi connectivity index (χ0) is 15.6. The Balaban J connectivity index is 2.32. The van der Waals surface area contributed by atoms with Gasteiger partial charge in [0.05, 0.1) is 22.7 Å². The molecule has 0 aliphatic heterocycles. The summed E-state index contributed by atoms with van der Waals surface area (Å²) in [5, 5.41) is 9.31. The SMILES string of the molecule is COc1ccc(NS(=O)(=O)c2ccc(F)c(Cl)c2)cc1O. The van der Waals surface area contributed by atoms with Crippen LogP contribution in [0.5, 0.6) is 11.5 Å². The molecule has 0 fully saturated rings. The third kappa shape index (κ3) is 3.37. The van der Waals surface area contributed by atoms with Crippen molar-refractivity contribution in [1.29, 1.82) is 0 Å². The first-order valence-electron chi connectivity index (χ1n) is 5.68. The number of anilines is 1. The molecule has 0 aromatic heterocycles. The summed E-state index contributed by atoms with van der Waals surface area (Å²) in [6.07, 6.45) is 0. The number of phenolic OH excluding ortho intramolecular Hbond substituents is 1. The van der Waals surface area contributed by atoms with Crippen molar-refractivity contribution in [2.75, 3.05) is 11.8 Å². The van der Waals surface area contributed by atoms with E-state index < -0.39 is 15.8 Å². The molecule has 0 atom stereocenters. The van der Waals surface area contributed by atoms with Crippen molar-refractivity contribution in [1.82, 2.24) is 0 Å². The highest BCUT2D eigenvalue weighted by Gasteiger charge is 2.16. The van der Waals surface area contributed by atoms with E-state index in [1.165, 1.54) is 25.3 Å². The molecule has 2 rings (SSSR count). The molecular weight excluding hydrogens is 321 g/mol. The molecule has 0 heterocycles. The molecule has 2 aromatic rings. The highest BCUT2D eigenvalue weighted by Crippen LogP contribution is 2.30. The predicted octanol–water partition coefficient (Wildman–Crippen LogP) is 2.99. The first kappa shape index (κ1) is 15.4. The Morgan fingerprint density at radius 1 is 1.24 bits per heavy atom. The van der Waals surface area contributed by atoms with E-state index in [9.17, 15) is 17.9 Å². The molecule has 5 nitrogen and oxygen atoms in total. The Labute approximate surface area is 126 Å². The van der Waals surface area contributed by atoms with Crippen LogP contribution in [0.2, 0.25) is 5.02 Å². The van der Waals surface area contributed by atoms with Crippen LogP contribution in [-0.2, 0) is 10.0 Å². The standard InChI is InChI=1S/C13H11ClFNO4S/c1-20-13-5-2-8(6-12(13)17)16-21(18,19)9-3-4-11(15)10(14)7-9/h2-7,16-17H,1H3. The van der Waals surface area contributed by atoms with E-state index in [1.54, 1.807) is 0 Å². The molecule has 0 saturated heterocycles. The third-order valence-corrected chi connectivity index (χ3v) is 4.30. The lowest BCUT2D eigenvalue weighted by atomic mass is 10.3. The fourth-order valence-corrected chi connectivity index (χ4v) is 2.93. The average molecular weight is 332 g/mol. The van der Waals surface area contributed by atoms with Crippen LogP contribution in [-0.4, -0.2) is 20.6 Å². The number of sulfonamides is 1. The van der Waals surface area contributed by atoms with Gasteiger partial charge in [0.2, 0.25) is 0 Å². The smallest absolute Gasteiger partial charge is 0.261 e. The Morgan fingerprint density at radius 3 is 2.52 bits per heavy atom. The average Bonchev–Trinajstić information content (AvgIpc) is 2.41. The van der Waals surface area contributed by atoms with Crippen molar-refractivity contribution in [3.8, 4) is 11.5 Å². The molecule has 0 aliphatic carbocycles. The van der Waals surface area contributed by atoms with Gasteiger partial charge in [-0.1, -0.05) is 11.6 Å². The first-order valence-corrected chi connectivity index (χ1v) is 7.54. The monoisotopic (exact) mass is 331 g/mol. The van der Waals surface area contributed by atoms with Crippen LogP contribution in [0.4, 0.5) is 10.1 Å². The van der Waals surface area contributed by atoms with Gasteiger partial charge >= 0.3 is 0 Å². The second kappa shape index (κ2) is 5.79. The Kier molecular flexibility index (Phi) is 4.24. The first-order chi connectivity index (χ1) is 9.83. The van der Waals surface area contributed by atoms with Crippen molar-refractivity contribution in [3.63, 3.8) is 0 Å². The van der Waals surface area contributed by atoms with Crippen LogP contribution in [0, 0.1) is 5.82 Å². The molecule has 0 unspecified atom stereocenters. The predicted molar refractivity (Wildman–Crippen MR) is 76.9 cm³/mol. The number of aromatic hydroxyl groups is 1. The Morgan fingerprint density at radius 2 is 1.95 bits per heavy atom. The largest absolute Gasteiger partial charge is 0.504 e. The number of phenols is 1. The lowest BCUT2D eigenvalue weighted by Crippen LogP contribution is -2.13. The van der Waals surface area contributed by atoms with Gasteiger partial charge in [-0.05, 0) is 30.3 Å². The summed E-state index contributed by atoms with van der Waals surface area (Å²) in [4.78, 5) is -0.191. The highest BCUT2D eigenvalue weighted by molar-refractivity contribution is 7.92. The van der Waals surface area contributed by atoms with Gasteiger partial charge in [0, 0.05) is 6.07 Å². The number of hydrogen-bond donors (Lipinski definition) is 2. The van der Waals surface area contributed by atoms with Crippen molar-refractivity contribution < 1.29 is 22.7 Å². The van der Waals surface area contributed by atoms with Crippen LogP contribution >= 0.6 is 11.6 Å². The maximum absolute atomic E-state index is 13.1. The fraction of sp³-hybridized carbons (Fsp3) is 0.0769. The number of methoxy groups -OCH3 is 1. The summed E-state index contributed by atoms with van der Waals surface area (Å²) in [6, 6.07) is 7.07. The summed E-state index contributed by atoms with van der Waals surface area (Å²) in [6.45, 7) is 0. The number of halogens is 2. The quantitative estimate of drug-likeness (QED) is 0.903. The molecule has 0 radical (unpaired) electrons. The minimum atomic E-state index is -3.94. The topological polar surface area (TPSA) is 75.6 Å². The number of rotatable bonds is 4. The van der Waals surface area contributed by atoms with Gasteiger partial charge < -0.3 is 9.84 Å². The molecular formula is C13H11ClFNO4S. The minimum absolute atomic E-state index is 0.133. The van der Waals surface area contributed by atoms with E-state index >= 15 is 0 Å². The van der Waals surface area contributed by atoms with Crippen LogP contribution in [0.15, 0.2) is 41.3 Å². The summed E-state index contributed by atoms with van der Waals surface area (Å²) >= 11 is 5.56.